The van der Waals surface area contributed by atoms with E-state index in [2.05, 4.69) is 0 Å². The Hall–Kier alpha value is 0.00234. The topological polar surface area (TPSA) is 34.1 Å². The van der Waals surface area contributed by atoms with Crippen LogP contribution in [0.5, 0.6) is 0 Å². The second kappa shape index (κ2) is 10.9. The number of ketones is 2. The third-order valence-corrected chi connectivity index (χ3v) is 0. The number of rotatable bonds is 0. The molecule has 0 bridgehead atoms. The summed E-state index contributed by atoms with van der Waals surface area (Å²) >= 11 is 0. The minimum Gasteiger partial charge on any atom is -0.300 e. The third kappa shape index (κ3) is 52800000. The molecule has 0 fully saturated rings. The molecule has 0 aromatic heterocycles. The van der Waals surface area contributed by atoms with Gasteiger partial charge in [0.2, 0.25) is 0 Å². The Labute approximate surface area is 69.7 Å². The van der Waals surface area contributed by atoms with E-state index in [1.54, 1.807) is 0 Å². The van der Waals surface area contributed by atoms with E-state index in [0.717, 1.165) is 0 Å². The van der Waals surface area contributed by atoms with E-state index in [1.807, 2.05) is 0 Å². The number of Topliss-reactive ketones (excluding diaryl/α,β-unsaturated/α-hetero) is 2. The Kier molecular flexibility index (Phi) is 19.4. The molecule has 9 heavy (non-hydrogen) atoms. The molecule has 0 aliphatic rings. The van der Waals surface area contributed by atoms with Crippen LogP contribution in [0.25, 0.3) is 0 Å². The van der Waals surface area contributed by atoms with Crippen molar-refractivity contribution in [3.05, 3.63) is 0 Å². The average Bonchev–Trinajstić information content (AvgIpc) is 1.25. The Morgan fingerprint density at radius 2 is 0.778 bits per heavy atom. The van der Waals surface area contributed by atoms with Crippen LogP contribution in [-0.4, -0.2) is 11.6 Å². The van der Waals surface area contributed by atoms with Crippen molar-refractivity contribution >= 4 is 11.6 Å². The summed E-state index contributed by atoms with van der Waals surface area (Å²) in [4.78, 5) is 18.9. The van der Waals surface area contributed by atoms with Crippen LogP contribution in [0.3, 0.4) is 0 Å². The van der Waals surface area contributed by atoms with E-state index in [1.165, 1.54) is 27.7 Å². The predicted molar refractivity (Wildman–Crippen MR) is 32.7 cm³/mol. The van der Waals surface area contributed by atoms with E-state index in [4.69, 9.17) is 0 Å². The minimum absolute atomic E-state index is 0. The van der Waals surface area contributed by atoms with Gasteiger partial charge in [-0.1, -0.05) is 0 Å². The molecule has 0 spiro atoms. The molecule has 0 unspecified atom stereocenters. The van der Waals surface area contributed by atoms with Gasteiger partial charge in [-0.05, 0) is 27.7 Å². The minimum atomic E-state index is 0. The van der Waals surface area contributed by atoms with Gasteiger partial charge in [0.1, 0.15) is 11.6 Å². The molecule has 0 rings (SSSR count). The van der Waals surface area contributed by atoms with Crippen molar-refractivity contribution < 1.29 is 30.0 Å². The van der Waals surface area contributed by atoms with E-state index in [-0.39, 0.29) is 32.0 Å². The summed E-state index contributed by atoms with van der Waals surface area (Å²) in [6.07, 6.45) is 0. The molecule has 0 atom stereocenters. The summed E-state index contributed by atoms with van der Waals surface area (Å²) in [5.74, 6) is 0.333. The molecule has 3 heteroatoms. The molecule has 0 aliphatic heterocycles. The molecular formula is C6H12O2Pd. The summed E-state index contributed by atoms with van der Waals surface area (Å²) in [6.45, 7) is 6.11. The summed E-state index contributed by atoms with van der Waals surface area (Å²) in [5, 5.41) is 0. The zero-order valence-corrected chi connectivity index (χ0v) is 7.69. The van der Waals surface area contributed by atoms with Gasteiger partial charge in [0.05, 0.1) is 0 Å². The maximum Gasteiger partial charge on any atom is 0.126 e. The molecule has 0 aromatic rings. The second-order valence-corrected chi connectivity index (χ2v) is 1.82. The first-order valence-corrected chi connectivity index (χ1v) is 2.41. The zero-order chi connectivity index (χ0) is 7.15. The van der Waals surface area contributed by atoms with Gasteiger partial charge >= 0.3 is 0 Å². The summed E-state index contributed by atoms with van der Waals surface area (Å²) in [7, 11) is 0. The second-order valence-electron chi connectivity index (χ2n) is 1.82. The Morgan fingerprint density at radius 3 is 0.778 bits per heavy atom. The number of hydrogen-bond donors (Lipinski definition) is 0. The number of carbonyl (C=O) groups is 2. The third-order valence-electron chi connectivity index (χ3n) is 0. The van der Waals surface area contributed by atoms with Crippen LogP contribution >= 0.6 is 0 Å². The average molecular weight is 223 g/mol. The Balaban J connectivity index is -0.0000000720. The standard InChI is InChI=1S/2C3H6O.Pd/c2*1-3(2)4;/h2*1-2H3;. The van der Waals surface area contributed by atoms with Crippen LogP contribution in [0.4, 0.5) is 0 Å². The largest absolute Gasteiger partial charge is 0.300 e. The van der Waals surface area contributed by atoms with Crippen LogP contribution in [0, 0.1) is 0 Å². The van der Waals surface area contributed by atoms with Crippen LogP contribution in [-0.2, 0) is 30.0 Å². The molecule has 0 heterocycles. The smallest absolute Gasteiger partial charge is 0.126 e. The molecule has 58 valence electrons. The van der Waals surface area contributed by atoms with Crippen LogP contribution < -0.4 is 0 Å². The Bertz CT molecular complexity index is 69.1. The quantitative estimate of drug-likeness (QED) is 0.577. The molecule has 0 saturated heterocycles. The van der Waals surface area contributed by atoms with Gasteiger partial charge < -0.3 is 9.59 Å². The monoisotopic (exact) mass is 222 g/mol. The van der Waals surface area contributed by atoms with E-state index >= 15 is 0 Å². The predicted octanol–water partition coefficient (Wildman–Crippen LogP) is 1.19. The Morgan fingerprint density at radius 1 is 0.778 bits per heavy atom. The molecule has 0 aliphatic carbocycles. The first-order chi connectivity index (χ1) is 3.46. The maximum absolute atomic E-state index is 9.44. The summed E-state index contributed by atoms with van der Waals surface area (Å²) in [6, 6.07) is 0. The summed E-state index contributed by atoms with van der Waals surface area (Å²) < 4.78 is 0. The van der Waals surface area contributed by atoms with Gasteiger partial charge in [0.15, 0.2) is 0 Å². The van der Waals surface area contributed by atoms with Crippen molar-refractivity contribution in [3.63, 3.8) is 0 Å². The van der Waals surface area contributed by atoms with E-state index < -0.39 is 0 Å². The van der Waals surface area contributed by atoms with Crippen molar-refractivity contribution in [2.24, 2.45) is 0 Å². The van der Waals surface area contributed by atoms with Gasteiger partial charge in [-0.3, -0.25) is 0 Å². The van der Waals surface area contributed by atoms with Crippen molar-refractivity contribution in [1.82, 2.24) is 0 Å². The van der Waals surface area contributed by atoms with E-state index in [0.29, 0.717) is 0 Å². The molecule has 0 aromatic carbocycles. The van der Waals surface area contributed by atoms with Crippen molar-refractivity contribution in [1.29, 1.82) is 0 Å². The van der Waals surface area contributed by atoms with Crippen LogP contribution in [0.15, 0.2) is 0 Å². The van der Waals surface area contributed by atoms with Crippen molar-refractivity contribution in [2.45, 2.75) is 27.7 Å². The van der Waals surface area contributed by atoms with Gasteiger partial charge in [-0.15, -0.1) is 0 Å². The fourth-order valence-electron chi connectivity index (χ4n) is 0. The van der Waals surface area contributed by atoms with Gasteiger partial charge in [-0.25, -0.2) is 0 Å². The maximum atomic E-state index is 9.44. The van der Waals surface area contributed by atoms with Crippen LogP contribution in [0.2, 0.25) is 0 Å². The molecule has 0 radical (unpaired) electrons. The van der Waals surface area contributed by atoms with Gasteiger partial charge in [-0.2, -0.15) is 0 Å². The van der Waals surface area contributed by atoms with E-state index in [9.17, 15) is 9.59 Å². The van der Waals surface area contributed by atoms with Gasteiger partial charge in [0, 0.05) is 20.4 Å². The molecule has 2 nitrogen and oxygen atoms in total. The van der Waals surface area contributed by atoms with Crippen LogP contribution in [0.1, 0.15) is 27.7 Å². The molecule has 0 amide bonds. The number of carbonyl (C=O) groups excluding carboxylic acids is 2. The first-order valence-electron chi connectivity index (χ1n) is 2.41. The first kappa shape index (κ1) is 16.0. The normalized spacial score (nSPS) is 5.78. The molecule has 0 saturated carbocycles. The zero-order valence-electron chi connectivity index (χ0n) is 6.13. The fourth-order valence-corrected chi connectivity index (χ4v) is 0. The van der Waals surface area contributed by atoms with Gasteiger partial charge in [0.25, 0.3) is 0 Å². The fraction of sp³-hybridized carbons (Fsp3) is 0.667. The molecule has 0 N–H and O–H groups in total. The SMILES string of the molecule is CC(C)=O.CC(C)=O.[Pd]. The molecular weight excluding hydrogens is 210 g/mol. The number of hydrogen-bond acceptors (Lipinski definition) is 2. The van der Waals surface area contributed by atoms with Crippen molar-refractivity contribution in [2.75, 3.05) is 0 Å². The summed E-state index contributed by atoms with van der Waals surface area (Å²) in [5.41, 5.74) is 0. The van der Waals surface area contributed by atoms with Crippen molar-refractivity contribution in [3.8, 4) is 0 Å².